The number of carbonyl (C=O) groups excluding carboxylic acids is 2. The van der Waals surface area contributed by atoms with Crippen molar-refractivity contribution in [3.63, 3.8) is 0 Å². The minimum absolute atomic E-state index is 0.0657. The van der Waals surface area contributed by atoms with Crippen LogP contribution in [0.25, 0.3) is 5.69 Å². The van der Waals surface area contributed by atoms with Gasteiger partial charge in [0.15, 0.2) is 0 Å². The van der Waals surface area contributed by atoms with Crippen LogP contribution in [-0.4, -0.2) is 62.6 Å². The van der Waals surface area contributed by atoms with Gasteiger partial charge >= 0.3 is 0 Å². The molecule has 0 atom stereocenters. The van der Waals surface area contributed by atoms with E-state index in [1.165, 1.54) is 6.33 Å². The molecule has 148 valence electrons. The fraction of sp³-hybridized carbons (Fsp3) is 0.524. The summed E-state index contributed by atoms with van der Waals surface area (Å²) in [6.45, 7) is 5.00. The summed E-state index contributed by atoms with van der Waals surface area (Å²) in [5.41, 5.74) is 1.44. The zero-order valence-corrected chi connectivity index (χ0v) is 16.3. The van der Waals surface area contributed by atoms with Gasteiger partial charge in [-0.05, 0) is 49.7 Å². The Labute approximate surface area is 165 Å². The van der Waals surface area contributed by atoms with Crippen molar-refractivity contribution in [2.24, 2.45) is 11.8 Å². The lowest BCUT2D eigenvalue weighted by Gasteiger charge is -2.40. The van der Waals surface area contributed by atoms with Crippen LogP contribution in [0.4, 0.5) is 0 Å². The third kappa shape index (κ3) is 3.79. The molecule has 4 rings (SSSR count). The van der Waals surface area contributed by atoms with Gasteiger partial charge in [-0.3, -0.25) is 9.59 Å². The van der Waals surface area contributed by atoms with Crippen molar-refractivity contribution in [3.8, 4) is 5.69 Å². The molecule has 0 N–H and O–H groups in total. The first-order valence-corrected chi connectivity index (χ1v) is 10.1. The molecule has 0 radical (unpaired) electrons. The Kier molecular flexibility index (Phi) is 5.41. The van der Waals surface area contributed by atoms with Crippen LogP contribution in [0.2, 0.25) is 0 Å². The molecule has 0 bridgehead atoms. The first-order chi connectivity index (χ1) is 13.6. The molecule has 2 saturated heterocycles. The van der Waals surface area contributed by atoms with Gasteiger partial charge in [0.2, 0.25) is 5.91 Å². The third-order valence-corrected chi connectivity index (χ3v) is 6.28. The minimum Gasteiger partial charge on any atom is -0.343 e. The molecular weight excluding hydrogens is 354 g/mol. The Balaban J connectivity index is 1.37. The van der Waals surface area contributed by atoms with E-state index in [0.29, 0.717) is 17.4 Å². The van der Waals surface area contributed by atoms with Crippen molar-refractivity contribution in [3.05, 3.63) is 42.5 Å². The summed E-state index contributed by atoms with van der Waals surface area (Å²) in [6, 6.07) is 7.57. The first-order valence-electron chi connectivity index (χ1n) is 10.1. The highest BCUT2D eigenvalue weighted by molar-refractivity contribution is 5.97. The van der Waals surface area contributed by atoms with Crippen molar-refractivity contribution in [2.75, 3.05) is 26.2 Å². The van der Waals surface area contributed by atoms with Crippen molar-refractivity contribution >= 4 is 11.8 Å². The largest absolute Gasteiger partial charge is 0.343 e. The van der Waals surface area contributed by atoms with Gasteiger partial charge in [0.1, 0.15) is 12.7 Å². The number of rotatable bonds is 3. The molecule has 2 aliphatic heterocycles. The van der Waals surface area contributed by atoms with E-state index in [1.807, 2.05) is 34.1 Å². The van der Waals surface area contributed by atoms with Crippen LogP contribution in [0.5, 0.6) is 0 Å². The van der Waals surface area contributed by atoms with Gasteiger partial charge in [-0.25, -0.2) is 9.67 Å². The smallest absolute Gasteiger partial charge is 0.256 e. The van der Waals surface area contributed by atoms with Crippen LogP contribution >= 0.6 is 0 Å². The first kappa shape index (κ1) is 18.7. The fourth-order valence-corrected chi connectivity index (χ4v) is 4.62. The van der Waals surface area contributed by atoms with Crippen LogP contribution in [0.1, 0.15) is 43.0 Å². The quantitative estimate of drug-likeness (QED) is 0.818. The topological polar surface area (TPSA) is 71.3 Å². The van der Waals surface area contributed by atoms with Gasteiger partial charge in [0.25, 0.3) is 5.91 Å². The number of para-hydroxylation sites is 1. The molecule has 1 aromatic heterocycles. The van der Waals surface area contributed by atoms with Crippen molar-refractivity contribution in [1.82, 2.24) is 24.6 Å². The summed E-state index contributed by atoms with van der Waals surface area (Å²) in [5.74, 6) is 1.58. The molecule has 3 heterocycles. The molecule has 7 nitrogen and oxygen atoms in total. The number of nitrogens with zero attached hydrogens (tertiary/aromatic N) is 5. The van der Waals surface area contributed by atoms with Crippen molar-refractivity contribution in [1.29, 1.82) is 0 Å². The molecule has 0 unspecified atom stereocenters. The van der Waals surface area contributed by atoms with Crippen LogP contribution < -0.4 is 0 Å². The molecule has 0 aliphatic carbocycles. The number of hydrogen-bond donors (Lipinski definition) is 0. The number of benzene rings is 1. The highest BCUT2D eigenvalue weighted by Gasteiger charge is 2.32. The molecule has 2 aromatic rings. The summed E-state index contributed by atoms with van der Waals surface area (Å²) in [6.07, 6.45) is 7.36. The third-order valence-electron chi connectivity index (χ3n) is 6.28. The molecule has 28 heavy (non-hydrogen) atoms. The number of hydrogen-bond acceptors (Lipinski definition) is 4. The van der Waals surface area contributed by atoms with Gasteiger partial charge in [0.05, 0.1) is 11.3 Å². The van der Waals surface area contributed by atoms with Crippen LogP contribution in [0.3, 0.4) is 0 Å². The Morgan fingerprint density at radius 3 is 2.11 bits per heavy atom. The lowest BCUT2D eigenvalue weighted by atomic mass is 9.78. The SMILES string of the molecule is CC(=O)N1CCC(C2CCN(C(=O)c3ccccc3-n3cncn3)CC2)CC1. The Bertz CT molecular complexity index is 819. The zero-order valence-electron chi connectivity index (χ0n) is 16.3. The Morgan fingerprint density at radius 1 is 0.929 bits per heavy atom. The van der Waals surface area contributed by atoms with E-state index in [0.717, 1.165) is 57.5 Å². The maximum absolute atomic E-state index is 13.1. The van der Waals surface area contributed by atoms with Crippen LogP contribution in [0.15, 0.2) is 36.9 Å². The molecule has 2 fully saturated rings. The number of piperidine rings is 2. The summed E-state index contributed by atoms with van der Waals surface area (Å²) in [4.78, 5) is 32.6. The second kappa shape index (κ2) is 8.12. The molecule has 2 aliphatic rings. The lowest BCUT2D eigenvalue weighted by molar-refractivity contribution is -0.130. The average Bonchev–Trinajstić information content (AvgIpc) is 3.28. The standard InChI is InChI=1S/C21H27N5O2/c1-16(27)24-10-6-17(7-11-24)18-8-12-25(13-9-18)21(28)19-4-2-3-5-20(19)26-15-22-14-23-26/h2-5,14-15,17-18H,6-13H2,1H3. The average molecular weight is 381 g/mol. The highest BCUT2D eigenvalue weighted by Crippen LogP contribution is 2.33. The fourth-order valence-electron chi connectivity index (χ4n) is 4.62. The Hall–Kier alpha value is -2.70. The van der Waals surface area contributed by atoms with Gasteiger partial charge in [-0.1, -0.05) is 12.1 Å². The van der Waals surface area contributed by atoms with E-state index in [-0.39, 0.29) is 11.8 Å². The molecule has 7 heteroatoms. The van der Waals surface area contributed by atoms with Crippen molar-refractivity contribution in [2.45, 2.75) is 32.6 Å². The summed E-state index contributed by atoms with van der Waals surface area (Å²) >= 11 is 0. The molecular formula is C21H27N5O2. The van der Waals surface area contributed by atoms with E-state index in [9.17, 15) is 9.59 Å². The molecule has 0 spiro atoms. The normalized spacial score (nSPS) is 19.0. The van der Waals surface area contributed by atoms with Gasteiger partial charge in [0, 0.05) is 33.1 Å². The molecule has 0 saturated carbocycles. The predicted octanol–water partition coefficient (Wildman–Crippen LogP) is 2.38. The van der Waals surface area contributed by atoms with Gasteiger partial charge < -0.3 is 9.80 Å². The predicted molar refractivity (Wildman–Crippen MR) is 105 cm³/mol. The molecule has 1 aromatic carbocycles. The molecule has 2 amide bonds. The summed E-state index contributed by atoms with van der Waals surface area (Å²) in [7, 11) is 0. The van der Waals surface area contributed by atoms with E-state index < -0.39 is 0 Å². The second-order valence-electron chi connectivity index (χ2n) is 7.83. The number of likely N-dealkylation sites (tertiary alicyclic amines) is 2. The zero-order chi connectivity index (χ0) is 19.5. The number of aromatic nitrogens is 3. The monoisotopic (exact) mass is 381 g/mol. The van der Waals surface area contributed by atoms with Crippen LogP contribution in [-0.2, 0) is 4.79 Å². The van der Waals surface area contributed by atoms with E-state index in [2.05, 4.69) is 10.1 Å². The maximum atomic E-state index is 13.1. The second-order valence-corrected chi connectivity index (χ2v) is 7.83. The van der Waals surface area contributed by atoms with E-state index >= 15 is 0 Å². The Morgan fingerprint density at radius 2 is 1.54 bits per heavy atom. The van der Waals surface area contributed by atoms with E-state index in [1.54, 1.807) is 17.9 Å². The lowest BCUT2D eigenvalue weighted by Crippen LogP contribution is -2.43. The van der Waals surface area contributed by atoms with Crippen LogP contribution in [0, 0.1) is 11.8 Å². The summed E-state index contributed by atoms with van der Waals surface area (Å²) in [5, 5.41) is 4.17. The minimum atomic E-state index is 0.0657. The van der Waals surface area contributed by atoms with E-state index in [4.69, 9.17) is 0 Å². The highest BCUT2D eigenvalue weighted by atomic mass is 16.2. The van der Waals surface area contributed by atoms with Gasteiger partial charge in [-0.2, -0.15) is 5.10 Å². The number of amides is 2. The number of carbonyl (C=O) groups is 2. The van der Waals surface area contributed by atoms with Crippen molar-refractivity contribution < 1.29 is 9.59 Å². The summed E-state index contributed by atoms with van der Waals surface area (Å²) < 4.78 is 1.64. The maximum Gasteiger partial charge on any atom is 0.256 e. The van der Waals surface area contributed by atoms with Gasteiger partial charge in [-0.15, -0.1) is 0 Å².